The van der Waals surface area contributed by atoms with Crippen molar-refractivity contribution in [3.63, 3.8) is 0 Å². The van der Waals surface area contributed by atoms with E-state index in [9.17, 15) is 9.59 Å². The zero-order valence-corrected chi connectivity index (χ0v) is 12.0. The van der Waals surface area contributed by atoms with Crippen LogP contribution in [-0.2, 0) is 9.47 Å². The zero-order valence-electron chi connectivity index (χ0n) is 12.0. The second-order valence-corrected chi connectivity index (χ2v) is 4.10. The topological polar surface area (TPSA) is 78.4 Å². The van der Waals surface area contributed by atoms with Crippen molar-refractivity contribution in [2.75, 3.05) is 14.2 Å². The van der Waals surface area contributed by atoms with Crippen LogP contribution in [0.1, 0.15) is 32.1 Å². The Bertz CT molecular complexity index is 677. The van der Waals surface area contributed by atoms with Crippen LogP contribution in [0.3, 0.4) is 0 Å². The maximum absolute atomic E-state index is 11.2. The summed E-state index contributed by atoms with van der Waals surface area (Å²) in [4.78, 5) is 30.4. The molecule has 0 atom stereocenters. The van der Waals surface area contributed by atoms with Crippen molar-refractivity contribution >= 4 is 11.9 Å². The molecule has 110 valence electrons. The molecule has 0 bridgehead atoms. The predicted octanol–water partition coefficient (Wildman–Crippen LogP) is 1.45. The van der Waals surface area contributed by atoms with Crippen molar-refractivity contribution < 1.29 is 19.1 Å². The van der Waals surface area contributed by atoms with Gasteiger partial charge in [0.25, 0.3) is 0 Å². The number of esters is 2. The average Bonchev–Trinajstić information content (AvgIpc) is 2.59. The standard InChI is InChI=1S/C16H12N2O4/c1-21-15(19)13-7-5-11(9-17-13)3-4-12-6-8-14(18-10-12)16(20)22-2/h5-10H,1-2H3. The number of aromatic nitrogens is 2. The molecular formula is C16H12N2O4. The fourth-order valence-corrected chi connectivity index (χ4v) is 1.53. The summed E-state index contributed by atoms with van der Waals surface area (Å²) in [7, 11) is 2.59. The molecule has 6 heteroatoms. The van der Waals surface area contributed by atoms with Gasteiger partial charge in [0.15, 0.2) is 0 Å². The van der Waals surface area contributed by atoms with Crippen LogP contribution in [0.2, 0.25) is 0 Å². The summed E-state index contributed by atoms with van der Waals surface area (Å²) < 4.78 is 9.12. The van der Waals surface area contributed by atoms with Gasteiger partial charge in [0, 0.05) is 23.5 Å². The third-order valence-electron chi connectivity index (χ3n) is 2.67. The smallest absolute Gasteiger partial charge is 0.356 e. The number of ether oxygens (including phenoxy) is 2. The molecule has 0 N–H and O–H groups in total. The number of pyridine rings is 2. The van der Waals surface area contributed by atoms with Crippen molar-refractivity contribution in [3.05, 3.63) is 59.2 Å². The highest BCUT2D eigenvalue weighted by atomic mass is 16.5. The number of rotatable bonds is 2. The monoisotopic (exact) mass is 296 g/mol. The molecule has 2 heterocycles. The first kappa shape index (κ1) is 15.2. The van der Waals surface area contributed by atoms with Gasteiger partial charge in [-0.15, -0.1) is 0 Å². The number of carbonyl (C=O) groups excluding carboxylic acids is 2. The van der Waals surface area contributed by atoms with Crippen molar-refractivity contribution in [1.29, 1.82) is 0 Å². The molecule has 6 nitrogen and oxygen atoms in total. The molecular weight excluding hydrogens is 284 g/mol. The molecule has 2 aromatic rings. The fourth-order valence-electron chi connectivity index (χ4n) is 1.53. The lowest BCUT2D eigenvalue weighted by atomic mass is 10.2. The van der Waals surface area contributed by atoms with E-state index in [1.807, 2.05) is 0 Å². The zero-order chi connectivity index (χ0) is 15.9. The van der Waals surface area contributed by atoms with Crippen molar-refractivity contribution in [2.24, 2.45) is 0 Å². The van der Waals surface area contributed by atoms with Crippen LogP contribution < -0.4 is 0 Å². The number of hydrogen-bond acceptors (Lipinski definition) is 6. The summed E-state index contributed by atoms with van der Waals surface area (Å²) in [5.74, 6) is 4.78. The van der Waals surface area contributed by atoms with Crippen LogP contribution in [0, 0.1) is 11.8 Å². The molecule has 0 aliphatic carbocycles. The molecule has 0 aliphatic heterocycles. The van der Waals surface area contributed by atoms with Crippen molar-refractivity contribution in [3.8, 4) is 11.8 Å². The largest absolute Gasteiger partial charge is 0.464 e. The number of methoxy groups -OCH3 is 2. The van der Waals surface area contributed by atoms with E-state index in [1.165, 1.54) is 38.7 Å². The van der Waals surface area contributed by atoms with Gasteiger partial charge in [-0.05, 0) is 24.3 Å². The Kier molecular flexibility index (Phi) is 4.83. The molecule has 0 saturated heterocycles. The van der Waals surface area contributed by atoms with Gasteiger partial charge in [-0.25, -0.2) is 19.6 Å². The van der Waals surface area contributed by atoms with Gasteiger partial charge >= 0.3 is 11.9 Å². The van der Waals surface area contributed by atoms with E-state index in [4.69, 9.17) is 0 Å². The number of hydrogen-bond donors (Lipinski definition) is 0. The van der Waals surface area contributed by atoms with Gasteiger partial charge in [-0.3, -0.25) is 0 Å². The second kappa shape index (κ2) is 6.99. The second-order valence-electron chi connectivity index (χ2n) is 4.10. The van der Waals surface area contributed by atoms with E-state index < -0.39 is 11.9 Å². The van der Waals surface area contributed by atoms with E-state index in [0.29, 0.717) is 11.1 Å². The predicted molar refractivity (Wildman–Crippen MR) is 77.1 cm³/mol. The summed E-state index contributed by atoms with van der Waals surface area (Å²) in [6, 6.07) is 6.41. The molecule has 22 heavy (non-hydrogen) atoms. The highest BCUT2D eigenvalue weighted by molar-refractivity contribution is 5.87. The van der Waals surface area contributed by atoms with Crippen LogP contribution >= 0.6 is 0 Å². The average molecular weight is 296 g/mol. The molecule has 0 spiro atoms. The third-order valence-corrected chi connectivity index (χ3v) is 2.67. The first-order valence-electron chi connectivity index (χ1n) is 6.25. The Morgan fingerprint density at radius 1 is 0.818 bits per heavy atom. The quantitative estimate of drug-likeness (QED) is 0.616. The number of carbonyl (C=O) groups is 2. The number of nitrogens with zero attached hydrogens (tertiary/aromatic N) is 2. The Labute approximate surface area is 127 Å². The normalized spacial score (nSPS) is 9.36. The lowest BCUT2D eigenvalue weighted by molar-refractivity contribution is 0.0585. The third kappa shape index (κ3) is 3.67. The van der Waals surface area contributed by atoms with Gasteiger partial charge in [0.05, 0.1) is 14.2 Å². The minimum Gasteiger partial charge on any atom is -0.464 e. The van der Waals surface area contributed by atoms with E-state index in [1.54, 1.807) is 12.1 Å². The molecule has 2 rings (SSSR count). The minimum atomic E-state index is -0.498. The highest BCUT2D eigenvalue weighted by Gasteiger charge is 2.06. The van der Waals surface area contributed by atoms with E-state index >= 15 is 0 Å². The Morgan fingerprint density at radius 2 is 1.23 bits per heavy atom. The molecule has 0 saturated carbocycles. The first-order chi connectivity index (χ1) is 10.6. The molecule has 0 aromatic carbocycles. The van der Waals surface area contributed by atoms with Crippen LogP contribution in [0.25, 0.3) is 0 Å². The van der Waals surface area contributed by atoms with Crippen LogP contribution in [0.4, 0.5) is 0 Å². The molecule has 0 unspecified atom stereocenters. The van der Waals surface area contributed by atoms with E-state index in [2.05, 4.69) is 31.3 Å². The van der Waals surface area contributed by atoms with Gasteiger partial charge in [0.2, 0.25) is 0 Å². The molecule has 0 amide bonds. The van der Waals surface area contributed by atoms with E-state index in [0.717, 1.165) is 0 Å². The fraction of sp³-hybridized carbons (Fsp3) is 0.125. The van der Waals surface area contributed by atoms with Crippen LogP contribution in [0.15, 0.2) is 36.7 Å². The van der Waals surface area contributed by atoms with Gasteiger partial charge < -0.3 is 9.47 Å². The summed E-state index contributed by atoms with van der Waals surface area (Å²) in [5.41, 5.74) is 1.73. The molecule has 0 fully saturated rings. The Hall–Kier alpha value is -3.20. The summed E-state index contributed by atoms with van der Waals surface area (Å²) in [6.45, 7) is 0. The summed E-state index contributed by atoms with van der Waals surface area (Å²) in [5, 5.41) is 0. The molecule has 0 radical (unpaired) electrons. The highest BCUT2D eigenvalue weighted by Crippen LogP contribution is 2.03. The van der Waals surface area contributed by atoms with Gasteiger partial charge in [-0.1, -0.05) is 11.8 Å². The van der Waals surface area contributed by atoms with Gasteiger partial charge in [0.1, 0.15) is 11.4 Å². The van der Waals surface area contributed by atoms with Crippen LogP contribution in [-0.4, -0.2) is 36.1 Å². The Balaban J connectivity index is 2.13. The van der Waals surface area contributed by atoms with Crippen LogP contribution in [0.5, 0.6) is 0 Å². The first-order valence-corrected chi connectivity index (χ1v) is 6.25. The lowest BCUT2D eigenvalue weighted by Crippen LogP contribution is -2.03. The van der Waals surface area contributed by atoms with Gasteiger partial charge in [-0.2, -0.15) is 0 Å². The lowest BCUT2D eigenvalue weighted by Gasteiger charge is -1.98. The maximum atomic E-state index is 11.2. The Morgan fingerprint density at radius 3 is 1.50 bits per heavy atom. The minimum absolute atomic E-state index is 0.220. The maximum Gasteiger partial charge on any atom is 0.356 e. The van der Waals surface area contributed by atoms with E-state index in [-0.39, 0.29) is 11.4 Å². The van der Waals surface area contributed by atoms with Crippen molar-refractivity contribution in [1.82, 2.24) is 9.97 Å². The molecule has 2 aromatic heterocycles. The molecule has 0 aliphatic rings. The SMILES string of the molecule is COC(=O)c1ccc(C#Cc2ccc(C(=O)OC)nc2)cn1. The summed E-state index contributed by atoms with van der Waals surface area (Å²) >= 11 is 0. The summed E-state index contributed by atoms with van der Waals surface area (Å²) in [6.07, 6.45) is 2.96. The van der Waals surface area contributed by atoms with Crippen molar-refractivity contribution in [2.45, 2.75) is 0 Å².